The number of nitrogens with one attached hydrogen (secondary N) is 1. The van der Waals surface area contributed by atoms with Gasteiger partial charge in [-0.05, 0) is 31.4 Å². The highest BCUT2D eigenvalue weighted by atomic mass is 16.6. The topological polar surface area (TPSA) is 460 Å². The van der Waals surface area contributed by atoms with Gasteiger partial charge in [-0.3, -0.25) is 19.2 Å². The lowest BCUT2D eigenvalue weighted by Crippen LogP contribution is -2.60. The van der Waals surface area contributed by atoms with E-state index in [1.165, 1.54) is 6.08 Å². The van der Waals surface area contributed by atoms with Crippen LogP contribution in [0, 0.1) is 18.3 Å². The highest BCUT2D eigenvalue weighted by Gasteiger charge is 2.47. The Bertz CT molecular complexity index is 2050. The van der Waals surface area contributed by atoms with Crippen LogP contribution in [0.3, 0.4) is 0 Å². The Labute approximate surface area is 457 Å². The van der Waals surface area contributed by atoms with Crippen LogP contribution in [0.15, 0.2) is 33.7 Å². The van der Waals surface area contributed by atoms with Gasteiger partial charge in [0, 0.05) is 45.4 Å². The van der Waals surface area contributed by atoms with Gasteiger partial charge in [-0.1, -0.05) is 19.3 Å². The molecule has 10 atom stereocenters. The van der Waals surface area contributed by atoms with E-state index < -0.39 is 121 Å². The van der Waals surface area contributed by atoms with E-state index in [2.05, 4.69) is 21.2 Å². The maximum absolute atomic E-state index is 13.4. The smallest absolute Gasteiger partial charge is 0.370 e. The van der Waals surface area contributed by atoms with Gasteiger partial charge in [0.05, 0.1) is 104 Å². The third kappa shape index (κ3) is 27.4. The molecule has 0 aromatic carbocycles. The lowest BCUT2D eigenvalue weighted by atomic mass is 9.87. The molecule has 2 heterocycles. The Morgan fingerprint density at radius 3 is 1.63 bits per heavy atom. The van der Waals surface area contributed by atoms with Crippen LogP contribution in [0.5, 0.6) is 0 Å². The molecule has 0 bridgehead atoms. The Balaban J connectivity index is 1.94. The summed E-state index contributed by atoms with van der Waals surface area (Å²) in [5.41, 5.74) is 22.1. The molecule has 79 heavy (non-hydrogen) atoms. The third-order valence-electron chi connectivity index (χ3n) is 11.6. The normalized spacial score (nSPS) is 20.2. The average Bonchev–Trinajstić information content (AvgIpc) is 3.41. The molecule has 0 aliphatic carbocycles. The van der Waals surface area contributed by atoms with E-state index in [1.54, 1.807) is 11.8 Å². The number of hydrogen-bond acceptors (Lipinski definition) is 22. The van der Waals surface area contributed by atoms with Crippen molar-refractivity contribution in [2.45, 2.75) is 114 Å². The molecular formula is C49H80N8O22. The molecular weight excluding hydrogens is 1050 g/mol. The van der Waals surface area contributed by atoms with Crippen molar-refractivity contribution in [1.82, 2.24) is 10.2 Å². The van der Waals surface area contributed by atoms with Gasteiger partial charge in [-0.2, -0.15) is 0 Å². The Kier molecular flexibility index (Phi) is 34.0. The van der Waals surface area contributed by atoms with E-state index in [4.69, 9.17) is 76.7 Å². The number of ether oxygens (including phenoxy) is 10. The number of aliphatic carboxylic acids is 2. The minimum Gasteiger partial charge on any atom is -0.479 e. The van der Waals surface area contributed by atoms with Crippen LogP contribution in [0.4, 0.5) is 0 Å². The summed E-state index contributed by atoms with van der Waals surface area (Å²) in [5.74, 6) is -5.80. The summed E-state index contributed by atoms with van der Waals surface area (Å²) in [7, 11) is 0. The molecule has 15 N–H and O–H groups in total. The van der Waals surface area contributed by atoms with E-state index in [0.717, 1.165) is 13.0 Å². The summed E-state index contributed by atoms with van der Waals surface area (Å²) >= 11 is 0. The summed E-state index contributed by atoms with van der Waals surface area (Å²) in [6, 6.07) is -3.38. The summed E-state index contributed by atoms with van der Waals surface area (Å²) in [4.78, 5) is 84.9. The van der Waals surface area contributed by atoms with Gasteiger partial charge in [-0.15, -0.1) is 6.42 Å². The molecule has 2 aliphatic heterocycles. The summed E-state index contributed by atoms with van der Waals surface area (Å²) in [6.45, 7) is 4.04. The van der Waals surface area contributed by atoms with Crippen LogP contribution >= 0.6 is 0 Å². The predicted molar refractivity (Wildman–Crippen MR) is 276 cm³/mol. The lowest BCUT2D eigenvalue weighted by Gasteiger charge is -2.39. The molecule has 0 radical (unpaired) electrons. The van der Waals surface area contributed by atoms with Crippen LogP contribution in [0.1, 0.15) is 58.8 Å². The van der Waals surface area contributed by atoms with Gasteiger partial charge in [0.15, 0.2) is 30.2 Å². The summed E-state index contributed by atoms with van der Waals surface area (Å²) < 4.78 is 55.1. The molecule has 2 amide bonds. The number of aliphatic hydroxyl groups is 4. The molecule has 0 aromatic rings. The molecule has 0 unspecified atom stereocenters. The molecule has 0 fully saturated rings. The van der Waals surface area contributed by atoms with Crippen molar-refractivity contribution in [3.8, 4) is 12.3 Å². The van der Waals surface area contributed by atoms with Crippen LogP contribution < -0.4 is 28.3 Å². The van der Waals surface area contributed by atoms with Crippen molar-refractivity contribution >= 4 is 47.6 Å². The summed E-state index contributed by atoms with van der Waals surface area (Å²) in [5, 5.41) is 62.7. The first kappa shape index (κ1) is 68.7. The maximum Gasteiger partial charge on any atom is 0.370 e. The first-order chi connectivity index (χ1) is 37.7. The first-order valence-electron chi connectivity index (χ1n) is 25.6. The number of amides is 2. The van der Waals surface area contributed by atoms with Crippen molar-refractivity contribution in [1.29, 1.82) is 0 Å². The van der Waals surface area contributed by atoms with Crippen molar-refractivity contribution in [2.75, 3.05) is 106 Å². The number of esters is 2. The molecule has 0 saturated heterocycles. The number of carbonyl (C=O) groups excluding carboxylic acids is 4. The number of carboxylic acid groups (broad SMARTS) is 2. The van der Waals surface area contributed by atoms with Crippen LogP contribution in [-0.2, 0) is 76.1 Å². The fourth-order valence-corrected chi connectivity index (χ4v) is 7.80. The van der Waals surface area contributed by atoms with Gasteiger partial charge in [0.25, 0.3) is 0 Å². The molecule has 0 aromatic heterocycles. The lowest BCUT2D eigenvalue weighted by molar-refractivity contribution is -0.176. The minimum absolute atomic E-state index is 0.0318. The second kappa shape index (κ2) is 39.0. The number of nitrogens with zero attached hydrogens (tertiary/aromatic N) is 3. The van der Waals surface area contributed by atoms with Gasteiger partial charge < -0.3 is 111 Å². The van der Waals surface area contributed by atoms with Gasteiger partial charge in [0.2, 0.25) is 23.3 Å². The highest BCUT2D eigenvalue weighted by Crippen LogP contribution is 2.31. The van der Waals surface area contributed by atoms with Crippen molar-refractivity contribution in [3.63, 3.8) is 0 Å². The molecule has 30 nitrogen and oxygen atoms in total. The zero-order valence-electron chi connectivity index (χ0n) is 44.6. The number of carbonyl (C=O) groups is 6. The number of terminal acetylenes is 1. The third-order valence-corrected chi connectivity index (χ3v) is 11.6. The maximum atomic E-state index is 13.4. The van der Waals surface area contributed by atoms with Crippen molar-refractivity contribution in [2.24, 2.45) is 38.8 Å². The average molecular weight is 1130 g/mol. The standard InChI is InChI=1S/C49H80N8O22/c1-4-14-70-18-22-74-24-25-75-23-20-72-16-11-38(63)57(12-7-5-6-9-39(64)79-44(35(62)29-59)45-41(54-31(3)60)33(56-49(52)53)27-37(77-45)47(68)69)13-17-73-21-19-71-15-8-10-40(65)78-43(34(61)28-58)42-30(2)32(55-48(50)51)26-36(76-42)46(66)67/h1,26-27,30,32-35,41-45,58-59,61-62H,5-25,28-29H2,2-3H3,(H,54,60)(H,66,67)(H,68,69)(H4,50,51,55)(H4,52,53,56)/t30-,32+,33+,34-,35-,41-,42-,43-,44-,45-/m1/s1. The number of carboxylic acids is 2. The van der Waals surface area contributed by atoms with E-state index in [-0.39, 0.29) is 110 Å². The SMILES string of the molecule is C#CCOCCOCCOCCOCCC(=O)N(CCCCCC(=O)O[C@@H]([C@@H]1OC(C(=O)O)=C[C@H](N=C(N)N)[C@H]1NC(C)=O)[C@H](O)CO)CCOCCOCCCC(=O)O[C@@H]([C@@H]1OC(C(=O)O)=C[C@H](N=C(N)N)[C@H]1C)[C@H](O)CO. The Hall–Kier alpha value is -6.40. The van der Waals surface area contributed by atoms with E-state index in [9.17, 15) is 59.4 Å². The van der Waals surface area contributed by atoms with Crippen molar-refractivity contribution in [3.05, 3.63) is 23.7 Å². The number of aliphatic imine (C=N–C) groups is 2. The zero-order chi connectivity index (χ0) is 58.7. The number of unbranched alkanes of at least 4 members (excludes halogenated alkanes) is 2. The zero-order valence-corrected chi connectivity index (χ0v) is 44.6. The van der Waals surface area contributed by atoms with E-state index >= 15 is 0 Å². The minimum atomic E-state index is -1.79. The monoisotopic (exact) mass is 1130 g/mol. The van der Waals surface area contributed by atoms with Crippen LogP contribution in [0.2, 0.25) is 0 Å². The molecule has 2 aliphatic rings. The van der Waals surface area contributed by atoms with E-state index in [0.29, 0.717) is 39.3 Å². The molecule has 448 valence electrons. The Morgan fingerprint density at radius 1 is 0.646 bits per heavy atom. The summed E-state index contributed by atoms with van der Waals surface area (Å²) in [6.07, 6.45) is -1.16. The predicted octanol–water partition coefficient (Wildman–Crippen LogP) is -4.03. The molecule has 2 rings (SSSR count). The molecule has 30 heteroatoms. The largest absolute Gasteiger partial charge is 0.479 e. The molecule has 0 spiro atoms. The highest BCUT2D eigenvalue weighted by molar-refractivity contribution is 5.86. The Morgan fingerprint density at radius 2 is 1.11 bits per heavy atom. The fraction of sp³-hybridized carbons (Fsp3) is 0.714. The second-order valence-electron chi connectivity index (χ2n) is 17.8. The second-order valence-corrected chi connectivity index (χ2v) is 17.8. The quantitative estimate of drug-likeness (QED) is 0.00911. The van der Waals surface area contributed by atoms with Crippen LogP contribution in [0.25, 0.3) is 0 Å². The van der Waals surface area contributed by atoms with E-state index in [1.807, 2.05) is 0 Å². The van der Waals surface area contributed by atoms with Crippen LogP contribution in [-0.4, -0.2) is 243 Å². The number of hydrogen-bond donors (Lipinski definition) is 11. The van der Waals surface area contributed by atoms with Crippen molar-refractivity contribution < 1.29 is 107 Å². The number of rotatable bonds is 42. The molecule has 0 saturated carbocycles. The fourth-order valence-electron chi connectivity index (χ4n) is 7.80. The number of guanidine groups is 2. The number of nitrogens with two attached hydrogens (primary N) is 4. The van der Waals surface area contributed by atoms with Gasteiger partial charge in [-0.25, -0.2) is 19.6 Å². The van der Waals surface area contributed by atoms with Gasteiger partial charge in [0.1, 0.15) is 24.9 Å². The van der Waals surface area contributed by atoms with Gasteiger partial charge >= 0.3 is 23.9 Å². The number of aliphatic hydroxyl groups excluding tert-OH is 4. The first-order valence-corrected chi connectivity index (χ1v) is 25.6.